The first-order valence-corrected chi connectivity index (χ1v) is 8.79. The second kappa shape index (κ2) is 6.43. The van der Waals surface area contributed by atoms with E-state index in [0.717, 1.165) is 36.1 Å². The summed E-state index contributed by atoms with van der Waals surface area (Å²) >= 11 is 0. The van der Waals surface area contributed by atoms with E-state index in [0.29, 0.717) is 5.92 Å². The lowest BCUT2D eigenvalue weighted by atomic mass is 9.97. The molecule has 2 fully saturated rings. The Hall–Kier alpha value is -2.08. The third kappa shape index (κ3) is 3.24. The topological polar surface area (TPSA) is 63.1 Å². The van der Waals surface area contributed by atoms with Gasteiger partial charge in [0.2, 0.25) is 0 Å². The van der Waals surface area contributed by atoms with Crippen LogP contribution in [0.3, 0.4) is 0 Å². The minimum atomic E-state index is -0.172. The highest BCUT2D eigenvalue weighted by Crippen LogP contribution is 2.32. The van der Waals surface area contributed by atoms with Crippen molar-refractivity contribution < 1.29 is 4.74 Å². The molecule has 1 aliphatic heterocycles. The number of hydrogen-bond acceptors (Lipinski definition) is 4. The Bertz CT molecular complexity index is 745. The van der Waals surface area contributed by atoms with Crippen LogP contribution < -0.4 is 10.4 Å². The molecule has 1 atom stereocenters. The first kappa shape index (κ1) is 15.4. The van der Waals surface area contributed by atoms with Gasteiger partial charge in [0.05, 0.1) is 12.8 Å². The van der Waals surface area contributed by atoms with E-state index >= 15 is 0 Å². The molecule has 24 heavy (non-hydrogen) atoms. The van der Waals surface area contributed by atoms with Gasteiger partial charge in [0.15, 0.2) is 0 Å². The number of aromatic amines is 1. The summed E-state index contributed by atoms with van der Waals surface area (Å²) in [5.74, 6) is 2.81. The van der Waals surface area contributed by atoms with E-state index in [1.165, 1.54) is 37.0 Å². The molecule has 1 aromatic heterocycles. The Kier molecular flexibility index (Phi) is 4.14. The van der Waals surface area contributed by atoms with Crippen molar-refractivity contribution in [2.45, 2.75) is 31.6 Å². The smallest absolute Gasteiger partial charge is 0.348 e. The van der Waals surface area contributed by atoms with Crippen molar-refractivity contribution in [3.8, 4) is 11.4 Å². The van der Waals surface area contributed by atoms with Crippen LogP contribution in [-0.2, 0) is 0 Å². The van der Waals surface area contributed by atoms with E-state index in [1.54, 1.807) is 7.11 Å². The van der Waals surface area contributed by atoms with E-state index < -0.39 is 0 Å². The van der Waals surface area contributed by atoms with Crippen LogP contribution in [0.2, 0.25) is 0 Å². The van der Waals surface area contributed by atoms with Crippen LogP contribution in [0.15, 0.2) is 29.1 Å². The third-order valence-corrected chi connectivity index (χ3v) is 5.06. The predicted molar refractivity (Wildman–Crippen MR) is 91.9 cm³/mol. The number of methoxy groups -OCH3 is 1. The summed E-state index contributed by atoms with van der Waals surface area (Å²) in [6.45, 7) is 3.39. The van der Waals surface area contributed by atoms with Crippen LogP contribution >= 0.6 is 0 Å². The summed E-state index contributed by atoms with van der Waals surface area (Å²) in [5.41, 5.74) is 0.587. The van der Waals surface area contributed by atoms with Gasteiger partial charge in [-0.25, -0.2) is 4.79 Å². The van der Waals surface area contributed by atoms with Gasteiger partial charge >= 0.3 is 5.69 Å². The Balaban J connectivity index is 1.52. The van der Waals surface area contributed by atoms with Crippen LogP contribution in [0.4, 0.5) is 0 Å². The average Bonchev–Trinajstić information content (AvgIpc) is 3.34. The number of piperidine rings is 1. The molecular weight excluding hydrogens is 304 g/mol. The fraction of sp³-hybridized carbons (Fsp3) is 0.556. The maximum absolute atomic E-state index is 12.3. The van der Waals surface area contributed by atoms with Crippen LogP contribution in [0, 0.1) is 5.92 Å². The molecule has 1 saturated heterocycles. The van der Waals surface area contributed by atoms with Crippen molar-refractivity contribution in [1.82, 2.24) is 19.7 Å². The molecule has 6 nitrogen and oxygen atoms in total. The second-order valence-electron chi connectivity index (χ2n) is 6.97. The van der Waals surface area contributed by atoms with Gasteiger partial charge in [-0.2, -0.15) is 4.68 Å². The van der Waals surface area contributed by atoms with E-state index in [2.05, 4.69) is 15.0 Å². The van der Waals surface area contributed by atoms with Crippen molar-refractivity contribution >= 4 is 0 Å². The van der Waals surface area contributed by atoms with Gasteiger partial charge in [-0.15, -0.1) is 5.10 Å². The molecule has 2 aliphatic rings. The SMILES string of the molecule is COc1ccc(-n2nc(C3CCCN(CC4CC4)C3)[nH]c2=O)cc1. The first-order valence-electron chi connectivity index (χ1n) is 8.79. The quantitative estimate of drug-likeness (QED) is 0.913. The first-order chi connectivity index (χ1) is 11.7. The number of aromatic nitrogens is 3. The summed E-state index contributed by atoms with van der Waals surface area (Å²) in [6, 6.07) is 7.39. The molecule has 0 radical (unpaired) electrons. The van der Waals surface area contributed by atoms with Crippen LogP contribution in [0.25, 0.3) is 5.69 Å². The van der Waals surface area contributed by atoms with Crippen LogP contribution in [0.5, 0.6) is 5.75 Å². The van der Waals surface area contributed by atoms with Gasteiger partial charge in [-0.3, -0.25) is 4.98 Å². The molecule has 2 heterocycles. The zero-order chi connectivity index (χ0) is 16.5. The molecule has 4 rings (SSSR count). The lowest BCUT2D eigenvalue weighted by Crippen LogP contribution is -2.36. The van der Waals surface area contributed by atoms with Crippen molar-refractivity contribution in [1.29, 1.82) is 0 Å². The van der Waals surface area contributed by atoms with Gasteiger partial charge in [-0.05, 0) is 62.4 Å². The van der Waals surface area contributed by atoms with Crippen LogP contribution in [-0.4, -0.2) is 46.4 Å². The highest BCUT2D eigenvalue weighted by molar-refractivity contribution is 5.36. The molecule has 0 spiro atoms. The fourth-order valence-corrected chi connectivity index (χ4v) is 3.53. The van der Waals surface area contributed by atoms with Gasteiger partial charge in [0, 0.05) is 19.0 Å². The van der Waals surface area contributed by atoms with Gasteiger partial charge in [0.25, 0.3) is 0 Å². The Morgan fingerprint density at radius 1 is 1.25 bits per heavy atom. The number of nitrogens with zero attached hydrogens (tertiary/aromatic N) is 3. The Labute approximate surface area is 141 Å². The maximum atomic E-state index is 12.3. The zero-order valence-electron chi connectivity index (χ0n) is 14.1. The molecule has 0 bridgehead atoms. The number of benzene rings is 1. The minimum Gasteiger partial charge on any atom is -0.497 e. The van der Waals surface area contributed by atoms with Crippen molar-refractivity contribution in [3.63, 3.8) is 0 Å². The highest BCUT2D eigenvalue weighted by Gasteiger charge is 2.29. The van der Waals surface area contributed by atoms with Gasteiger partial charge < -0.3 is 9.64 Å². The number of ether oxygens (including phenoxy) is 1. The molecular formula is C18H24N4O2. The van der Waals surface area contributed by atoms with E-state index in [4.69, 9.17) is 4.74 Å². The molecule has 1 aromatic carbocycles. The summed E-state index contributed by atoms with van der Waals surface area (Å²) in [4.78, 5) is 17.8. The monoisotopic (exact) mass is 328 g/mol. The molecule has 1 unspecified atom stereocenters. The summed E-state index contributed by atoms with van der Waals surface area (Å²) in [7, 11) is 1.63. The molecule has 128 valence electrons. The van der Waals surface area contributed by atoms with E-state index in [-0.39, 0.29) is 5.69 Å². The largest absolute Gasteiger partial charge is 0.497 e. The number of H-pyrrole nitrogens is 1. The van der Waals surface area contributed by atoms with E-state index in [1.807, 2.05) is 24.3 Å². The van der Waals surface area contributed by atoms with Gasteiger partial charge in [0.1, 0.15) is 11.6 Å². The summed E-state index contributed by atoms with van der Waals surface area (Å²) < 4.78 is 6.62. The predicted octanol–water partition coefficient (Wildman–Crippen LogP) is 2.16. The lowest BCUT2D eigenvalue weighted by molar-refractivity contribution is 0.197. The maximum Gasteiger partial charge on any atom is 0.348 e. The normalized spacial score (nSPS) is 21.8. The minimum absolute atomic E-state index is 0.172. The molecule has 1 N–H and O–H groups in total. The second-order valence-corrected chi connectivity index (χ2v) is 6.97. The molecule has 2 aromatic rings. The van der Waals surface area contributed by atoms with Crippen molar-refractivity contribution in [3.05, 3.63) is 40.6 Å². The molecule has 1 saturated carbocycles. The highest BCUT2D eigenvalue weighted by atomic mass is 16.5. The van der Waals surface area contributed by atoms with E-state index in [9.17, 15) is 4.79 Å². The number of likely N-dealkylation sites (tertiary alicyclic amines) is 1. The third-order valence-electron chi connectivity index (χ3n) is 5.06. The average molecular weight is 328 g/mol. The summed E-state index contributed by atoms with van der Waals surface area (Å²) in [5, 5.41) is 4.57. The van der Waals surface area contributed by atoms with Crippen LogP contribution in [0.1, 0.15) is 37.4 Å². The number of hydrogen-bond donors (Lipinski definition) is 1. The fourth-order valence-electron chi connectivity index (χ4n) is 3.53. The molecule has 6 heteroatoms. The Morgan fingerprint density at radius 2 is 2.04 bits per heavy atom. The number of nitrogens with one attached hydrogen (secondary N) is 1. The van der Waals surface area contributed by atoms with Crippen molar-refractivity contribution in [2.75, 3.05) is 26.7 Å². The zero-order valence-corrected chi connectivity index (χ0v) is 14.1. The molecule has 0 amide bonds. The molecule has 1 aliphatic carbocycles. The van der Waals surface area contributed by atoms with Gasteiger partial charge in [-0.1, -0.05) is 0 Å². The standard InChI is InChI=1S/C18H24N4O2/c1-24-16-8-6-15(7-9-16)22-18(23)19-17(20-22)14-3-2-10-21(12-14)11-13-4-5-13/h6-9,13-14H,2-5,10-12H2,1H3,(H,19,20,23). The lowest BCUT2D eigenvalue weighted by Gasteiger charge is -2.31. The summed E-state index contributed by atoms with van der Waals surface area (Å²) in [6.07, 6.45) is 5.03. The number of rotatable bonds is 5. The Morgan fingerprint density at radius 3 is 2.75 bits per heavy atom. The van der Waals surface area contributed by atoms with Crippen molar-refractivity contribution in [2.24, 2.45) is 5.92 Å².